The zero-order valence-electron chi connectivity index (χ0n) is 11.6. The van der Waals surface area contributed by atoms with E-state index < -0.39 is 22.0 Å². The van der Waals surface area contributed by atoms with Crippen molar-refractivity contribution in [3.8, 4) is 5.75 Å². The first-order valence-electron chi connectivity index (χ1n) is 6.02. The molecule has 0 aliphatic heterocycles. The lowest BCUT2D eigenvalue weighted by molar-refractivity contribution is -0.131. The number of carboxylic acid groups (broad SMARTS) is 1. The fraction of sp³-hybridized carbons (Fsp3) is 0.308. The molecule has 1 rings (SSSR count). The Hall–Kier alpha value is -1.90. The Morgan fingerprint density at radius 2 is 2.14 bits per heavy atom. The van der Waals surface area contributed by atoms with Crippen molar-refractivity contribution in [3.05, 3.63) is 29.8 Å². The highest BCUT2D eigenvalue weighted by Crippen LogP contribution is 2.25. The lowest BCUT2D eigenvalue weighted by Gasteiger charge is -2.14. The third kappa shape index (κ3) is 4.85. The van der Waals surface area contributed by atoms with Crippen molar-refractivity contribution >= 4 is 22.1 Å². The summed E-state index contributed by atoms with van der Waals surface area (Å²) in [7, 11) is -2.56. The molecule has 8 heteroatoms. The molecule has 1 aromatic rings. The number of rotatable bonds is 7. The van der Waals surface area contributed by atoms with Gasteiger partial charge in [0.15, 0.2) is 0 Å². The number of sulfonamides is 1. The average molecular weight is 315 g/mol. The normalized spacial score (nSPS) is 13.3. The molecule has 21 heavy (non-hydrogen) atoms. The van der Waals surface area contributed by atoms with Gasteiger partial charge in [-0.3, -0.25) is 0 Å². The highest BCUT2D eigenvalue weighted by atomic mass is 32.2. The minimum atomic E-state index is -3.89. The van der Waals surface area contributed by atoms with Crippen LogP contribution in [0.1, 0.15) is 12.5 Å². The van der Waals surface area contributed by atoms with Gasteiger partial charge < -0.3 is 14.9 Å². The molecule has 0 heterocycles. The van der Waals surface area contributed by atoms with E-state index in [2.05, 4.69) is 4.72 Å². The molecule has 0 saturated carbocycles. The van der Waals surface area contributed by atoms with E-state index in [-0.39, 0.29) is 17.3 Å². The molecule has 0 bridgehead atoms. The van der Waals surface area contributed by atoms with Gasteiger partial charge in [0.25, 0.3) is 0 Å². The Labute approximate surface area is 122 Å². The molecule has 0 saturated heterocycles. The molecular weight excluding hydrogens is 298 g/mol. The number of methoxy groups -OCH3 is 1. The number of carboxylic acids is 1. The summed E-state index contributed by atoms with van der Waals surface area (Å²) in [6.45, 7) is 1.17. The standard InChI is InChI=1S/C13H17NO6S/c1-9(8-15)14-21(18,19)12-7-10(4-6-13(16)17)3-5-11(12)20-2/h3-7,9,14-15H,8H2,1-2H3,(H,16,17)/b6-4+/t9-/m1/s1. The van der Waals surface area contributed by atoms with E-state index in [0.717, 1.165) is 6.08 Å². The van der Waals surface area contributed by atoms with Crippen molar-refractivity contribution < 1.29 is 28.2 Å². The fourth-order valence-electron chi connectivity index (χ4n) is 1.54. The van der Waals surface area contributed by atoms with Crippen molar-refractivity contribution in [2.75, 3.05) is 13.7 Å². The molecule has 0 amide bonds. The molecule has 1 aromatic carbocycles. The second-order valence-electron chi connectivity index (χ2n) is 4.29. The summed E-state index contributed by atoms with van der Waals surface area (Å²) >= 11 is 0. The van der Waals surface area contributed by atoms with E-state index in [9.17, 15) is 13.2 Å². The number of carbonyl (C=O) groups is 1. The van der Waals surface area contributed by atoms with Crippen LogP contribution in [0.25, 0.3) is 6.08 Å². The van der Waals surface area contributed by atoms with Gasteiger partial charge in [-0.05, 0) is 30.7 Å². The largest absolute Gasteiger partial charge is 0.495 e. The number of ether oxygens (including phenoxy) is 1. The van der Waals surface area contributed by atoms with Crippen molar-refractivity contribution in [2.24, 2.45) is 0 Å². The van der Waals surface area contributed by atoms with Crippen molar-refractivity contribution in [1.29, 1.82) is 0 Å². The number of hydrogen-bond acceptors (Lipinski definition) is 5. The van der Waals surface area contributed by atoms with Crippen molar-refractivity contribution in [3.63, 3.8) is 0 Å². The molecule has 7 nitrogen and oxygen atoms in total. The minimum Gasteiger partial charge on any atom is -0.495 e. The van der Waals surface area contributed by atoms with Crippen LogP contribution in [0, 0.1) is 0 Å². The van der Waals surface area contributed by atoms with Crippen LogP contribution in [0.4, 0.5) is 0 Å². The maximum Gasteiger partial charge on any atom is 0.328 e. The van der Waals surface area contributed by atoms with Crippen LogP contribution in [0.15, 0.2) is 29.2 Å². The van der Waals surface area contributed by atoms with Crippen LogP contribution in [0.2, 0.25) is 0 Å². The Morgan fingerprint density at radius 1 is 1.48 bits per heavy atom. The van der Waals surface area contributed by atoms with Gasteiger partial charge in [-0.25, -0.2) is 17.9 Å². The Balaban J connectivity index is 3.25. The predicted molar refractivity (Wildman–Crippen MR) is 76.5 cm³/mol. The first-order valence-corrected chi connectivity index (χ1v) is 7.50. The monoisotopic (exact) mass is 315 g/mol. The lowest BCUT2D eigenvalue weighted by atomic mass is 10.2. The molecule has 0 spiro atoms. The number of aliphatic carboxylic acids is 1. The number of aliphatic hydroxyl groups excluding tert-OH is 1. The maximum atomic E-state index is 12.2. The highest BCUT2D eigenvalue weighted by molar-refractivity contribution is 7.89. The zero-order chi connectivity index (χ0) is 16.0. The van der Waals surface area contributed by atoms with Gasteiger partial charge in [0.2, 0.25) is 10.0 Å². The maximum absolute atomic E-state index is 12.2. The Morgan fingerprint density at radius 3 is 2.67 bits per heavy atom. The molecule has 0 aliphatic carbocycles. The SMILES string of the molecule is COc1ccc(/C=C/C(=O)O)cc1S(=O)(=O)N[C@H](C)CO. The molecule has 0 radical (unpaired) electrons. The van der Waals surface area contributed by atoms with E-state index in [0.29, 0.717) is 5.56 Å². The van der Waals surface area contributed by atoms with Crippen LogP contribution in [0.3, 0.4) is 0 Å². The third-order valence-corrected chi connectivity index (χ3v) is 4.14. The topological polar surface area (TPSA) is 113 Å². The molecular formula is C13H17NO6S. The molecule has 0 fully saturated rings. The Bertz CT molecular complexity index is 638. The van der Waals surface area contributed by atoms with Crippen LogP contribution < -0.4 is 9.46 Å². The number of aliphatic hydroxyl groups is 1. The quantitative estimate of drug-likeness (QED) is 0.630. The smallest absolute Gasteiger partial charge is 0.328 e. The number of nitrogens with one attached hydrogen (secondary N) is 1. The number of hydrogen-bond donors (Lipinski definition) is 3. The summed E-state index contributed by atoms with van der Waals surface area (Å²) in [6.07, 6.45) is 2.18. The van der Waals surface area contributed by atoms with E-state index >= 15 is 0 Å². The van der Waals surface area contributed by atoms with Gasteiger partial charge in [-0.2, -0.15) is 0 Å². The predicted octanol–water partition coefficient (Wildman–Crippen LogP) is 0.452. The molecule has 1 atom stereocenters. The molecule has 0 aliphatic rings. The van der Waals surface area contributed by atoms with E-state index in [1.54, 1.807) is 0 Å². The first-order chi connectivity index (χ1) is 9.80. The van der Waals surface area contributed by atoms with E-state index in [4.69, 9.17) is 14.9 Å². The number of benzene rings is 1. The second kappa shape index (κ2) is 7.21. The van der Waals surface area contributed by atoms with Crippen LogP contribution in [-0.2, 0) is 14.8 Å². The first kappa shape index (κ1) is 17.2. The molecule has 3 N–H and O–H groups in total. The average Bonchev–Trinajstić information content (AvgIpc) is 2.44. The summed E-state index contributed by atoms with van der Waals surface area (Å²) in [4.78, 5) is 10.4. The van der Waals surface area contributed by atoms with Crippen LogP contribution in [-0.4, -0.2) is 44.4 Å². The van der Waals surface area contributed by atoms with E-state index in [1.165, 1.54) is 38.3 Å². The molecule has 0 unspecified atom stereocenters. The van der Waals surface area contributed by atoms with Gasteiger partial charge in [-0.1, -0.05) is 6.07 Å². The summed E-state index contributed by atoms with van der Waals surface area (Å²) < 4.78 is 31.8. The molecule has 116 valence electrons. The van der Waals surface area contributed by atoms with Crippen LogP contribution >= 0.6 is 0 Å². The summed E-state index contributed by atoms with van der Waals surface area (Å²) in [5.74, 6) is -1.01. The van der Waals surface area contributed by atoms with Crippen molar-refractivity contribution in [2.45, 2.75) is 17.9 Å². The van der Waals surface area contributed by atoms with Gasteiger partial charge in [0, 0.05) is 12.1 Å². The summed E-state index contributed by atoms with van der Waals surface area (Å²) in [5, 5.41) is 17.5. The van der Waals surface area contributed by atoms with Crippen molar-refractivity contribution in [1.82, 2.24) is 4.72 Å². The lowest BCUT2D eigenvalue weighted by Crippen LogP contribution is -2.35. The summed E-state index contributed by atoms with van der Waals surface area (Å²) in [5.41, 5.74) is 0.398. The molecule has 0 aromatic heterocycles. The third-order valence-electron chi connectivity index (χ3n) is 2.53. The van der Waals surface area contributed by atoms with Gasteiger partial charge in [0.1, 0.15) is 10.6 Å². The zero-order valence-corrected chi connectivity index (χ0v) is 12.4. The minimum absolute atomic E-state index is 0.125. The van der Waals surface area contributed by atoms with Gasteiger partial charge in [0.05, 0.1) is 13.7 Å². The van der Waals surface area contributed by atoms with E-state index in [1.807, 2.05) is 0 Å². The van der Waals surface area contributed by atoms with Gasteiger partial charge in [-0.15, -0.1) is 0 Å². The van der Waals surface area contributed by atoms with Gasteiger partial charge >= 0.3 is 5.97 Å². The second-order valence-corrected chi connectivity index (χ2v) is 5.97. The highest BCUT2D eigenvalue weighted by Gasteiger charge is 2.21. The Kier molecular flexibility index (Phi) is 5.89. The van der Waals surface area contributed by atoms with Crippen LogP contribution in [0.5, 0.6) is 5.75 Å². The fourth-order valence-corrected chi connectivity index (χ4v) is 2.98. The summed E-state index contributed by atoms with van der Waals surface area (Å²) in [6, 6.07) is 3.61.